The Kier molecular flexibility index (Phi) is 6.71. The summed E-state index contributed by atoms with van der Waals surface area (Å²) in [5.74, 6) is -0.0521. The summed E-state index contributed by atoms with van der Waals surface area (Å²) >= 11 is 0. The highest BCUT2D eigenvalue weighted by atomic mass is 16.5. The molecule has 0 fully saturated rings. The van der Waals surface area contributed by atoms with E-state index < -0.39 is 6.09 Å². The van der Waals surface area contributed by atoms with Crippen molar-refractivity contribution in [2.24, 2.45) is 0 Å². The van der Waals surface area contributed by atoms with E-state index in [1.165, 1.54) is 6.92 Å². The molecule has 1 amide bonds. The number of ether oxygens (including phenoxy) is 1. The maximum atomic E-state index is 11.6. The molecule has 124 valence electrons. The third-order valence-electron chi connectivity index (χ3n) is 3.25. The van der Waals surface area contributed by atoms with Gasteiger partial charge in [-0.2, -0.15) is 0 Å². The number of rotatable bonds is 7. The van der Waals surface area contributed by atoms with Gasteiger partial charge in [0.1, 0.15) is 12.3 Å². The van der Waals surface area contributed by atoms with Crippen LogP contribution in [0.25, 0.3) is 6.08 Å². The minimum absolute atomic E-state index is 0.0521. The van der Waals surface area contributed by atoms with Gasteiger partial charge >= 0.3 is 6.09 Å². The second-order valence-electron chi connectivity index (χ2n) is 5.21. The molecular weight excluding hydrogens is 304 g/mol. The van der Waals surface area contributed by atoms with Crippen LogP contribution < -0.4 is 5.32 Å². The first kappa shape index (κ1) is 17.4. The molecule has 1 N–H and O–H groups in total. The average molecular weight is 324 g/mol. The summed E-state index contributed by atoms with van der Waals surface area (Å²) in [6, 6.07) is 13.1. The van der Waals surface area contributed by atoms with Gasteiger partial charge < -0.3 is 10.1 Å². The molecule has 0 atom stereocenters. The lowest BCUT2D eigenvalue weighted by Crippen LogP contribution is -2.24. The number of alkyl carbamates (subject to hydrolysis) is 1. The predicted molar refractivity (Wildman–Crippen MR) is 92.5 cm³/mol. The van der Waals surface area contributed by atoms with Gasteiger partial charge in [-0.1, -0.05) is 48.6 Å². The van der Waals surface area contributed by atoms with Crippen molar-refractivity contribution in [3.8, 4) is 0 Å². The van der Waals surface area contributed by atoms with Crippen LogP contribution in [-0.2, 0) is 11.3 Å². The first-order valence-corrected chi connectivity index (χ1v) is 7.73. The van der Waals surface area contributed by atoms with E-state index in [0.29, 0.717) is 18.7 Å². The molecule has 1 aromatic heterocycles. The number of amides is 1. The molecule has 0 saturated heterocycles. The van der Waals surface area contributed by atoms with Gasteiger partial charge in [0.25, 0.3) is 0 Å². The van der Waals surface area contributed by atoms with E-state index in [1.54, 1.807) is 12.3 Å². The number of nitrogens with zero attached hydrogens (tertiary/aromatic N) is 1. The Morgan fingerprint density at radius 1 is 1.17 bits per heavy atom. The van der Waals surface area contributed by atoms with E-state index in [-0.39, 0.29) is 12.4 Å². The third kappa shape index (κ3) is 6.04. The molecular formula is C19H20N2O3. The number of hydrogen-bond acceptors (Lipinski definition) is 4. The van der Waals surface area contributed by atoms with E-state index >= 15 is 0 Å². The highest BCUT2D eigenvalue weighted by Crippen LogP contribution is 2.04. The lowest BCUT2D eigenvalue weighted by atomic mass is 10.2. The maximum absolute atomic E-state index is 11.6. The van der Waals surface area contributed by atoms with E-state index in [2.05, 4.69) is 10.3 Å². The van der Waals surface area contributed by atoms with Crippen LogP contribution in [0.2, 0.25) is 0 Å². The lowest BCUT2D eigenvalue weighted by molar-refractivity contribution is 0.101. The molecule has 0 bridgehead atoms. The second kappa shape index (κ2) is 9.25. The van der Waals surface area contributed by atoms with Crippen molar-refractivity contribution >= 4 is 18.0 Å². The standard InChI is InChI=1S/C19H20N2O3/c1-15(22)18-11-10-16(13-21-18)7-5-6-12-20-19(23)24-14-17-8-3-2-4-9-17/h2-5,7-11,13H,6,12,14H2,1H3,(H,20,23). The van der Waals surface area contributed by atoms with Gasteiger partial charge in [0.05, 0.1) is 0 Å². The van der Waals surface area contributed by atoms with Crippen molar-refractivity contribution < 1.29 is 14.3 Å². The van der Waals surface area contributed by atoms with Crippen molar-refractivity contribution in [2.45, 2.75) is 20.0 Å². The molecule has 0 radical (unpaired) electrons. The Labute approximate surface area is 141 Å². The number of ketones is 1. The third-order valence-corrected chi connectivity index (χ3v) is 3.25. The average Bonchev–Trinajstić information content (AvgIpc) is 2.61. The van der Waals surface area contributed by atoms with Gasteiger partial charge in [-0.25, -0.2) is 4.79 Å². The normalized spacial score (nSPS) is 10.5. The molecule has 5 nitrogen and oxygen atoms in total. The number of Topliss-reactive ketones (excluding diaryl/α,β-unsaturated/α-hetero) is 1. The van der Waals surface area contributed by atoms with Crippen LogP contribution in [0.15, 0.2) is 54.7 Å². The van der Waals surface area contributed by atoms with Crippen molar-refractivity contribution in [2.75, 3.05) is 6.54 Å². The Morgan fingerprint density at radius 3 is 2.62 bits per heavy atom. The van der Waals surface area contributed by atoms with E-state index in [9.17, 15) is 9.59 Å². The van der Waals surface area contributed by atoms with E-state index in [0.717, 1.165) is 11.1 Å². The predicted octanol–water partition coefficient (Wildman–Crippen LogP) is 3.61. The Bertz CT molecular complexity index is 694. The summed E-state index contributed by atoms with van der Waals surface area (Å²) in [7, 11) is 0. The largest absolute Gasteiger partial charge is 0.445 e. The quantitative estimate of drug-likeness (QED) is 0.624. The van der Waals surface area contributed by atoms with Crippen LogP contribution in [0.5, 0.6) is 0 Å². The van der Waals surface area contributed by atoms with Crippen LogP contribution in [0.3, 0.4) is 0 Å². The molecule has 0 unspecified atom stereocenters. The van der Waals surface area contributed by atoms with Crippen LogP contribution in [0, 0.1) is 0 Å². The summed E-state index contributed by atoms with van der Waals surface area (Å²) in [6.07, 6.45) is 5.72. The number of benzene rings is 1. The molecule has 2 aromatic rings. The molecule has 1 aromatic carbocycles. The van der Waals surface area contributed by atoms with Crippen LogP contribution >= 0.6 is 0 Å². The number of aromatic nitrogens is 1. The summed E-state index contributed by atoms with van der Waals surface area (Å²) in [5, 5.41) is 2.69. The number of carbonyl (C=O) groups excluding carboxylic acids is 2. The van der Waals surface area contributed by atoms with Crippen LogP contribution in [0.1, 0.15) is 35.0 Å². The van der Waals surface area contributed by atoms with Crippen LogP contribution in [0.4, 0.5) is 4.79 Å². The summed E-state index contributed by atoms with van der Waals surface area (Å²) in [5.41, 5.74) is 2.32. The maximum Gasteiger partial charge on any atom is 0.407 e. The zero-order valence-corrected chi connectivity index (χ0v) is 13.6. The van der Waals surface area contributed by atoms with Crippen LogP contribution in [-0.4, -0.2) is 23.4 Å². The Balaban J connectivity index is 1.65. The van der Waals surface area contributed by atoms with Gasteiger partial charge in [0, 0.05) is 19.7 Å². The van der Waals surface area contributed by atoms with Gasteiger partial charge in [-0.15, -0.1) is 0 Å². The minimum Gasteiger partial charge on any atom is -0.445 e. The smallest absolute Gasteiger partial charge is 0.407 e. The molecule has 0 saturated carbocycles. The topological polar surface area (TPSA) is 68.3 Å². The summed E-state index contributed by atoms with van der Waals surface area (Å²) in [4.78, 5) is 26.8. The molecule has 0 aliphatic carbocycles. The van der Waals surface area contributed by atoms with Gasteiger partial charge in [0.2, 0.25) is 0 Å². The molecule has 24 heavy (non-hydrogen) atoms. The fourth-order valence-electron chi connectivity index (χ4n) is 1.96. The zero-order chi connectivity index (χ0) is 17.2. The van der Waals surface area contributed by atoms with Crippen molar-refractivity contribution in [3.05, 3.63) is 71.6 Å². The molecule has 5 heteroatoms. The van der Waals surface area contributed by atoms with Crippen molar-refractivity contribution in [1.82, 2.24) is 10.3 Å². The van der Waals surface area contributed by atoms with E-state index in [1.807, 2.05) is 48.6 Å². The fraction of sp³-hybridized carbons (Fsp3) is 0.211. The fourth-order valence-corrected chi connectivity index (χ4v) is 1.96. The SMILES string of the molecule is CC(=O)c1ccc(C=CCCNC(=O)OCc2ccccc2)cn1. The number of pyridine rings is 1. The molecule has 1 heterocycles. The van der Waals surface area contributed by atoms with E-state index in [4.69, 9.17) is 4.74 Å². The highest BCUT2D eigenvalue weighted by Gasteiger charge is 2.01. The summed E-state index contributed by atoms with van der Waals surface area (Å²) < 4.78 is 5.11. The van der Waals surface area contributed by atoms with Crippen molar-refractivity contribution in [3.63, 3.8) is 0 Å². The number of hydrogen-bond donors (Lipinski definition) is 1. The Morgan fingerprint density at radius 2 is 1.96 bits per heavy atom. The zero-order valence-electron chi connectivity index (χ0n) is 13.6. The minimum atomic E-state index is -0.431. The molecule has 0 aliphatic heterocycles. The first-order valence-electron chi connectivity index (χ1n) is 7.73. The molecule has 2 rings (SSSR count). The lowest BCUT2D eigenvalue weighted by Gasteiger charge is -2.05. The van der Waals surface area contributed by atoms with Gasteiger partial charge in [-0.3, -0.25) is 9.78 Å². The number of nitrogens with one attached hydrogen (secondary N) is 1. The number of carbonyl (C=O) groups is 2. The Hall–Kier alpha value is -2.95. The highest BCUT2D eigenvalue weighted by molar-refractivity contribution is 5.92. The summed E-state index contributed by atoms with van der Waals surface area (Å²) in [6.45, 7) is 2.24. The van der Waals surface area contributed by atoms with Gasteiger partial charge in [-0.05, 0) is 23.6 Å². The van der Waals surface area contributed by atoms with Gasteiger partial charge in [0.15, 0.2) is 5.78 Å². The molecule has 0 spiro atoms. The first-order chi connectivity index (χ1) is 11.6. The second-order valence-corrected chi connectivity index (χ2v) is 5.21. The molecule has 0 aliphatic rings. The van der Waals surface area contributed by atoms with Crippen molar-refractivity contribution in [1.29, 1.82) is 0 Å². The monoisotopic (exact) mass is 324 g/mol.